The third-order valence-electron chi connectivity index (χ3n) is 3.09. The molecule has 20 heavy (non-hydrogen) atoms. The lowest BCUT2D eigenvalue weighted by Gasteiger charge is -2.13. The highest BCUT2D eigenvalue weighted by atomic mass is 19.4. The molecule has 0 aliphatic heterocycles. The summed E-state index contributed by atoms with van der Waals surface area (Å²) in [6, 6.07) is 11.0. The van der Waals surface area contributed by atoms with Gasteiger partial charge in [0.05, 0.1) is 5.56 Å². The Labute approximate surface area is 115 Å². The monoisotopic (exact) mass is 278 g/mol. The standard InChI is InChI=1S/C16H13F3O/c1-10-3-5-12(6-4-10)13-7-8-14(11(2)20)15(9-13)16(17,18)19/h3-9H,1-2H3. The average molecular weight is 278 g/mol. The van der Waals surface area contributed by atoms with Gasteiger partial charge in [-0.1, -0.05) is 42.0 Å². The quantitative estimate of drug-likeness (QED) is 0.715. The lowest BCUT2D eigenvalue weighted by atomic mass is 9.96. The topological polar surface area (TPSA) is 17.1 Å². The molecule has 0 unspecified atom stereocenters. The minimum atomic E-state index is -4.54. The van der Waals surface area contributed by atoms with Crippen molar-refractivity contribution in [2.75, 3.05) is 0 Å². The lowest BCUT2D eigenvalue weighted by Crippen LogP contribution is -2.11. The van der Waals surface area contributed by atoms with Crippen molar-refractivity contribution in [3.8, 4) is 11.1 Å². The fourth-order valence-corrected chi connectivity index (χ4v) is 2.01. The molecule has 0 bridgehead atoms. The molecule has 0 amide bonds. The Morgan fingerprint density at radius 2 is 1.50 bits per heavy atom. The van der Waals surface area contributed by atoms with E-state index < -0.39 is 17.5 Å². The maximum absolute atomic E-state index is 13.0. The zero-order chi connectivity index (χ0) is 14.9. The highest BCUT2D eigenvalue weighted by Crippen LogP contribution is 2.35. The van der Waals surface area contributed by atoms with Crippen molar-refractivity contribution >= 4 is 5.78 Å². The van der Waals surface area contributed by atoms with Crippen molar-refractivity contribution in [3.63, 3.8) is 0 Å². The van der Waals surface area contributed by atoms with E-state index in [0.717, 1.165) is 18.6 Å². The summed E-state index contributed by atoms with van der Waals surface area (Å²) in [6.45, 7) is 3.04. The summed E-state index contributed by atoms with van der Waals surface area (Å²) < 4.78 is 39.0. The maximum Gasteiger partial charge on any atom is 0.417 e. The molecule has 0 N–H and O–H groups in total. The molecule has 0 aromatic heterocycles. The molecule has 2 aromatic rings. The van der Waals surface area contributed by atoms with Gasteiger partial charge in [-0.3, -0.25) is 4.79 Å². The predicted octanol–water partition coefficient (Wildman–Crippen LogP) is 4.88. The number of ketones is 1. The predicted molar refractivity (Wildman–Crippen MR) is 71.6 cm³/mol. The van der Waals surface area contributed by atoms with E-state index in [0.29, 0.717) is 11.1 Å². The van der Waals surface area contributed by atoms with E-state index in [1.54, 1.807) is 12.1 Å². The Kier molecular flexibility index (Phi) is 3.66. The molecule has 1 nitrogen and oxygen atoms in total. The van der Waals surface area contributed by atoms with Crippen LogP contribution in [0.3, 0.4) is 0 Å². The normalized spacial score (nSPS) is 11.4. The number of carbonyl (C=O) groups excluding carboxylic acids is 1. The minimum absolute atomic E-state index is 0.298. The van der Waals surface area contributed by atoms with E-state index >= 15 is 0 Å². The van der Waals surface area contributed by atoms with Crippen LogP contribution in [0, 0.1) is 6.92 Å². The number of benzene rings is 2. The summed E-state index contributed by atoms with van der Waals surface area (Å²) in [5.74, 6) is -0.590. The van der Waals surface area contributed by atoms with Gasteiger partial charge in [-0.15, -0.1) is 0 Å². The van der Waals surface area contributed by atoms with Gasteiger partial charge in [-0.25, -0.2) is 0 Å². The first-order valence-electron chi connectivity index (χ1n) is 6.08. The van der Waals surface area contributed by atoms with E-state index in [2.05, 4.69) is 0 Å². The summed E-state index contributed by atoms with van der Waals surface area (Å²) >= 11 is 0. The van der Waals surface area contributed by atoms with Crippen molar-refractivity contribution in [2.45, 2.75) is 20.0 Å². The second-order valence-corrected chi connectivity index (χ2v) is 4.68. The van der Waals surface area contributed by atoms with Gasteiger partial charge in [0, 0.05) is 5.56 Å². The Hall–Kier alpha value is -2.10. The zero-order valence-corrected chi connectivity index (χ0v) is 11.1. The molecule has 2 aromatic carbocycles. The SMILES string of the molecule is CC(=O)c1ccc(-c2ccc(C)cc2)cc1C(F)(F)F. The minimum Gasteiger partial charge on any atom is -0.294 e. The van der Waals surface area contributed by atoms with Crippen LogP contribution < -0.4 is 0 Å². The van der Waals surface area contributed by atoms with Gasteiger partial charge in [-0.2, -0.15) is 13.2 Å². The summed E-state index contributed by atoms with van der Waals surface area (Å²) in [4.78, 5) is 11.3. The largest absolute Gasteiger partial charge is 0.417 e. The highest BCUT2D eigenvalue weighted by Gasteiger charge is 2.34. The third-order valence-corrected chi connectivity index (χ3v) is 3.09. The van der Waals surface area contributed by atoms with Crippen LogP contribution in [-0.4, -0.2) is 5.78 Å². The second kappa shape index (κ2) is 5.12. The van der Waals surface area contributed by atoms with Crippen molar-refractivity contribution in [3.05, 3.63) is 59.2 Å². The molecule has 4 heteroatoms. The van der Waals surface area contributed by atoms with Crippen molar-refractivity contribution in [1.29, 1.82) is 0 Å². The van der Waals surface area contributed by atoms with Gasteiger partial charge < -0.3 is 0 Å². The summed E-state index contributed by atoms with van der Waals surface area (Å²) in [6.07, 6.45) is -4.54. The highest BCUT2D eigenvalue weighted by molar-refractivity contribution is 5.96. The zero-order valence-electron chi connectivity index (χ0n) is 11.1. The molecule has 0 spiro atoms. The molecular weight excluding hydrogens is 265 g/mol. The number of aryl methyl sites for hydroxylation is 1. The molecule has 0 fully saturated rings. The molecule has 0 radical (unpaired) electrons. The molecule has 0 aliphatic carbocycles. The third kappa shape index (κ3) is 2.90. The van der Waals surface area contributed by atoms with Crippen molar-refractivity contribution < 1.29 is 18.0 Å². The Morgan fingerprint density at radius 1 is 0.950 bits per heavy atom. The number of Topliss-reactive ketones (excluding diaryl/α,β-unsaturated/α-hetero) is 1. The Balaban J connectivity index is 2.58. The molecule has 0 atom stereocenters. The van der Waals surface area contributed by atoms with Gasteiger partial charge in [0.1, 0.15) is 0 Å². The van der Waals surface area contributed by atoms with Crippen molar-refractivity contribution in [1.82, 2.24) is 0 Å². The first kappa shape index (κ1) is 14.3. The number of carbonyl (C=O) groups is 1. The van der Waals surface area contributed by atoms with Crippen LogP contribution in [-0.2, 0) is 6.18 Å². The average Bonchev–Trinajstić information content (AvgIpc) is 2.38. The molecular formula is C16H13F3O. The van der Waals surface area contributed by atoms with E-state index in [-0.39, 0.29) is 5.56 Å². The second-order valence-electron chi connectivity index (χ2n) is 4.68. The van der Waals surface area contributed by atoms with Crippen LogP contribution in [0.4, 0.5) is 13.2 Å². The van der Waals surface area contributed by atoms with Gasteiger partial charge in [-0.05, 0) is 31.0 Å². The van der Waals surface area contributed by atoms with Gasteiger partial charge in [0.25, 0.3) is 0 Å². The van der Waals surface area contributed by atoms with E-state index in [1.165, 1.54) is 12.1 Å². The number of hydrogen-bond acceptors (Lipinski definition) is 1. The summed E-state index contributed by atoms with van der Waals surface area (Å²) in [7, 11) is 0. The smallest absolute Gasteiger partial charge is 0.294 e. The van der Waals surface area contributed by atoms with E-state index in [1.807, 2.05) is 19.1 Å². The molecule has 104 valence electrons. The fraction of sp³-hybridized carbons (Fsp3) is 0.188. The van der Waals surface area contributed by atoms with E-state index in [4.69, 9.17) is 0 Å². The van der Waals surface area contributed by atoms with Crippen LogP contribution in [0.2, 0.25) is 0 Å². The van der Waals surface area contributed by atoms with E-state index in [9.17, 15) is 18.0 Å². The Morgan fingerprint density at radius 3 is 2.00 bits per heavy atom. The van der Waals surface area contributed by atoms with Gasteiger partial charge in [0.15, 0.2) is 5.78 Å². The number of halogens is 3. The van der Waals surface area contributed by atoms with Gasteiger partial charge in [0.2, 0.25) is 0 Å². The molecule has 0 saturated carbocycles. The first-order chi connectivity index (χ1) is 9.29. The van der Waals surface area contributed by atoms with Crippen LogP contribution in [0.5, 0.6) is 0 Å². The molecule has 0 aliphatic rings. The Bertz CT molecular complexity index is 640. The summed E-state index contributed by atoms with van der Waals surface area (Å²) in [5.41, 5.74) is 0.986. The van der Waals surface area contributed by atoms with Crippen LogP contribution in [0.1, 0.15) is 28.4 Å². The molecule has 0 saturated heterocycles. The number of rotatable bonds is 2. The fourth-order valence-electron chi connectivity index (χ4n) is 2.01. The van der Waals surface area contributed by atoms with Crippen LogP contribution in [0.15, 0.2) is 42.5 Å². The van der Waals surface area contributed by atoms with Crippen LogP contribution >= 0.6 is 0 Å². The molecule has 2 rings (SSSR count). The summed E-state index contributed by atoms with van der Waals surface area (Å²) in [5, 5.41) is 0. The molecule has 0 heterocycles. The first-order valence-corrected chi connectivity index (χ1v) is 6.08. The number of alkyl halides is 3. The van der Waals surface area contributed by atoms with Crippen LogP contribution in [0.25, 0.3) is 11.1 Å². The lowest BCUT2D eigenvalue weighted by molar-refractivity contribution is -0.137. The van der Waals surface area contributed by atoms with Gasteiger partial charge >= 0.3 is 6.18 Å². The maximum atomic E-state index is 13.0. The van der Waals surface area contributed by atoms with Crippen molar-refractivity contribution in [2.24, 2.45) is 0 Å². The number of hydrogen-bond donors (Lipinski definition) is 0.